The quantitative estimate of drug-likeness (QED) is 0.0445. The number of hydrogen-bond donors (Lipinski definition) is 3. The summed E-state index contributed by atoms with van der Waals surface area (Å²) in [6.45, 7) is 4.21. The van der Waals surface area contributed by atoms with Crippen molar-refractivity contribution in [1.82, 2.24) is 5.32 Å². The minimum absolute atomic E-state index is 0.0922. The van der Waals surface area contributed by atoms with Crippen LogP contribution in [0.25, 0.3) is 0 Å². The van der Waals surface area contributed by atoms with Gasteiger partial charge in [-0.25, -0.2) is 0 Å². The number of aliphatic hydroxyl groups is 2. The Morgan fingerprint density at radius 2 is 0.843 bits per heavy atom. The molecular formula is C47H81NO3. The fourth-order valence-corrected chi connectivity index (χ4v) is 5.94. The molecule has 292 valence electrons. The summed E-state index contributed by atoms with van der Waals surface area (Å²) in [4.78, 5) is 12.4. The first-order chi connectivity index (χ1) is 25.2. The molecule has 0 saturated carbocycles. The Morgan fingerprint density at radius 1 is 0.490 bits per heavy atom. The maximum Gasteiger partial charge on any atom is 0.220 e. The van der Waals surface area contributed by atoms with Crippen LogP contribution in [0.4, 0.5) is 0 Å². The monoisotopic (exact) mass is 708 g/mol. The van der Waals surface area contributed by atoms with Gasteiger partial charge >= 0.3 is 0 Å². The second kappa shape index (κ2) is 42.0. The van der Waals surface area contributed by atoms with Crippen LogP contribution < -0.4 is 5.32 Å². The molecule has 0 rings (SSSR count). The van der Waals surface area contributed by atoms with Gasteiger partial charge in [-0.3, -0.25) is 4.79 Å². The minimum atomic E-state index is -0.688. The van der Waals surface area contributed by atoms with Crippen molar-refractivity contribution in [3.05, 3.63) is 85.1 Å². The van der Waals surface area contributed by atoms with E-state index in [4.69, 9.17) is 0 Å². The number of amides is 1. The summed E-state index contributed by atoms with van der Waals surface area (Å²) in [6, 6.07) is -0.572. The Labute approximate surface area is 316 Å². The lowest BCUT2D eigenvalue weighted by atomic mass is 10.0. The molecule has 4 nitrogen and oxygen atoms in total. The number of carbonyl (C=O) groups is 1. The summed E-state index contributed by atoms with van der Waals surface area (Å²) in [7, 11) is 0. The molecule has 2 atom stereocenters. The molecule has 0 saturated heterocycles. The van der Waals surface area contributed by atoms with Gasteiger partial charge in [0, 0.05) is 6.42 Å². The molecule has 0 aromatic rings. The van der Waals surface area contributed by atoms with Crippen LogP contribution in [0.15, 0.2) is 85.1 Å². The first kappa shape index (κ1) is 48.6. The van der Waals surface area contributed by atoms with Crippen molar-refractivity contribution in [3.63, 3.8) is 0 Å². The molecule has 0 heterocycles. The number of allylic oxidation sites excluding steroid dienone is 14. The van der Waals surface area contributed by atoms with Crippen molar-refractivity contribution in [2.75, 3.05) is 6.61 Å². The Hall–Kier alpha value is -2.43. The minimum Gasteiger partial charge on any atom is -0.394 e. The summed E-state index contributed by atoms with van der Waals surface area (Å²) in [5.74, 6) is -0.0922. The topological polar surface area (TPSA) is 69.6 Å². The standard InChI is InChI=1S/C47H81NO3/c1-3-5-7-9-11-13-15-17-19-21-22-23-24-25-26-27-29-31-33-35-37-39-41-43-47(51)48-45(44-49)46(50)42-40-38-36-34-32-30-28-20-18-16-14-12-10-8-6-4-2/h5,7,11,13,17,19,22-23,25-26,29,31,35,37,45-46,49-50H,3-4,6,8-10,12,14-16,18,20-21,24,27-28,30,32-34,36,38-44H2,1-2H3,(H,48,51)/b7-5-,13-11-,19-17-,23-22-,26-25-,31-29-,37-35-. The average molecular weight is 708 g/mol. The normalized spacial score (nSPS) is 13.9. The smallest absolute Gasteiger partial charge is 0.220 e. The van der Waals surface area contributed by atoms with Crippen LogP contribution in [-0.4, -0.2) is 34.9 Å². The zero-order valence-electron chi connectivity index (χ0n) is 33.3. The molecule has 0 radical (unpaired) electrons. The molecule has 51 heavy (non-hydrogen) atoms. The number of hydrogen-bond acceptors (Lipinski definition) is 3. The van der Waals surface area contributed by atoms with Crippen LogP contribution in [-0.2, 0) is 4.79 Å². The van der Waals surface area contributed by atoms with Gasteiger partial charge < -0.3 is 15.5 Å². The van der Waals surface area contributed by atoms with Gasteiger partial charge in [0.15, 0.2) is 0 Å². The van der Waals surface area contributed by atoms with Crippen LogP contribution in [0.5, 0.6) is 0 Å². The summed E-state index contributed by atoms with van der Waals surface area (Å²) < 4.78 is 0. The van der Waals surface area contributed by atoms with Gasteiger partial charge in [-0.2, -0.15) is 0 Å². The highest BCUT2D eigenvalue weighted by molar-refractivity contribution is 5.76. The van der Waals surface area contributed by atoms with E-state index in [-0.39, 0.29) is 12.5 Å². The zero-order valence-corrected chi connectivity index (χ0v) is 33.3. The summed E-state index contributed by atoms with van der Waals surface area (Å²) in [5, 5.41) is 23.1. The summed E-state index contributed by atoms with van der Waals surface area (Å²) >= 11 is 0. The second-order valence-corrected chi connectivity index (χ2v) is 14.0. The number of rotatable bonds is 37. The molecule has 1 amide bonds. The summed E-state index contributed by atoms with van der Waals surface area (Å²) in [5.41, 5.74) is 0. The number of aliphatic hydroxyl groups excluding tert-OH is 2. The van der Waals surface area contributed by atoms with E-state index in [2.05, 4.69) is 104 Å². The van der Waals surface area contributed by atoms with Gasteiger partial charge in [0.25, 0.3) is 0 Å². The van der Waals surface area contributed by atoms with E-state index in [1.807, 2.05) is 0 Å². The van der Waals surface area contributed by atoms with Gasteiger partial charge in [-0.05, 0) is 64.2 Å². The molecule has 0 aliphatic rings. The van der Waals surface area contributed by atoms with Gasteiger partial charge in [0.1, 0.15) is 0 Å². The molecule has 0 fully saturated rings. The maximum atomic E-state index is 12.4. The van der Waals surface area contributed by atoms with E-state index in [1.165, 1.54) is 89.9 Å². The molecule has 2 unspecified atom stereocenters. The highest BCUT2D eigenvalue weighted by atomic mass is 16.3. The van der Waals surface area contributed by atoms with E-state index in [0.717, 1.165) is 70.6 Å². The largest absolute Gasteiger partial charge is 0.394 e. The Balaban J connectivity index is 3.71. The Kier molecular flexibility index (Phi) is 40.0. The third kappa shape index (κ3) is 38.6. The van der Waals surface area contributed by atoms with Crippen molar-refractivity contribution in [3.8, 4) is 0 Å². The highest BCUT2D eigenvalue weighted by Crippen LogP contribution is 2.15. The average Bonchev–Trinajstić information content (AvgIpc) is 3.13. The molecule has 3 N–H and O–H groups in total. The lowest BCUT2D eigenvalue weighted by molar-refractivity contribution is -0.123. The van der Waals surface area contributed by atoms with E-state index in [0.29, 0.717) is 12.8 Å². The second-order valence-electron chi connectivity index (χ2n) is 14.0. The van der Waals surface area contributed by atoms with Crippen LogP contribution >= 0.6 is 0 Å². The third-order valence-corrected chi connectivity index (χ3v) is 9.17. The molecule has 0 spiro atoms. The molecule has 0 bridgehead atoms. The molecule has 0 aromatic heterocycles. The molecule has 4 heteroatoms. The van der Waals surface area contributed by atoms with Crippen molar-refractivity contribution >= 4 is 5.91 Å². The van der Waals surface area contributed by atoms with E-state index in [9.17, 15) is 15.0 Å². The molecule has 0 aromatic carbocycles. The van der Waals surface area contributed by atoms with Crippen molar-refractivity contribution in [1.29, 1.82) is 0 Å². The number of nitrogens with one attached hydrogen (secondary N) is 1. The fraction of sp³-hybridized carbons (Fsp3) is 0.681. The van der Waals surface area contributed by atoms with Crippen molar-refractivity contribution in [2.24, 2.45) is 0 Å². The van der Waals surface area contributed by atoms with Gasteiger partial charge in [0.2, 0.25) is 5.91 Å². The summed E-state index contributed by atoms with van der Waals surface area (Å²) in [6.07, 6.45) is 60.8. The number of carbonyl (C=O) groups excluding carboxylic acids is 1. The first-order valence-corrected chi connectivity index (χ1v) is 21.3. The highest BCUT2D eigenvalue weighted by Gasteiger charge is 2.19. The number of unbranched alkanes of at least 4 members (excludes halogenated alkanes) is 16. The van der Waals surface area contributed by atoms with Gasteiger partial charge in [0.05, 0.1) is 18.8 Å². The van der Waals surface area contributed by atoms with E-state index >= 15 is 0 Å². The van der Waals surface area contributed by atoms with Crippen LogP contribution in [0.2, 0.25) is 0 Å². The van der Waals surface area contributed by atoms with E-state index in [1.54, 1.807) is 0 Å². The predicted octanol–water partition coefficient (Wildman–Crippen LogP) is 13.3. The lowest BCUT2D eigenvalue weighted by Crippen LogP contribution is -2.45. The van der Waals surface area contributed by atoms with Crippen LogP contribution in [0.1, 0.15) is 187 Å². The zero-order chi connectivity index (χ0) is 37.1. The van der Waals surface area contributed by atoms with Crippen molar-refractivity contribution in [2.45, 2.75) is 199 Å². The fourth-order valence-electron chi connectivity index (χ4n) is 5.94. The Morgan fingerprint density at radius 3 is 1.22 bits per heavy atom. The molecule has 0 aliphatic carbocycles. The van der Waals surface area contributed by atoms with Gasteiger partial charge in [-0.15, -0.1) is 0 Å². The lowest BCUT2D eigenvalue weighted by Gasteiger charge is -2.22. The Bertz CT molecular complexity index is 941. The molecule has 0 aliphatic heterocycles. The van der Waals surface area contributed by atoms with Crippen molar-refractivity contribution < 1.29 is 15.0 Å². The van der Waals surface area contributed by atoms with Gasteiger partial charge in [-0.1, -0.05) is 202 Å². The molecular weight excluding hydrogens is 627 g/mol. The SMILES string of the molecule is CC/C=C\C/C=C\C/C=C\C/C=C\C/C=C\C/C=C\C/C=C\CCCC(=O)NC(CO)C(O)CCCCCCCCCCCCCCCCCC. The van der Waals surface area contributed by atoms with E-state index < -0.39 is 12.1 Å². The predicted molar refractivity (Wildman–Crippen MR) is 225 cm³/mol. The third-order valence-electron chi connectivity index (χ3n) is 9.17. The maximum absolute atomic E-state index is 12.4. The van der Waals surface area contributed by atoms with Crippen LogP contribution in [0.3, 0.4) is 0 Å². The first-order valence-electron chi connectivity index (χ1n) is 21.3. The van der Waals surface area contributed by atoms with Crippen LogP contribution in [0, 0.1) is 0 Å².